The van der Waals surface area contributed by atoms with E-state index in [1.807, 2.05) is 54.3 Å². The predicted molar refractivity (Wildman–Crippen MR) is 149 cm³/mol. The molecular weight excluding hydrogens is 462 g/mol. The molecule has 0 aromatic heterocycles. The standard InChI is InChI=1S/C31H35N3O3/c1-19-14-25(22(4)35)10-11-27(19)23-6-8-24(9-7-23)31(36)34-13-12-26-15-30(37-5)29(16-28(26)34)33-17-20(2)32-21(3)18-33/h6-11,14-16,20-21,32H,12-13,17-18H2,1-5H3/t20-,21+. The van der Waals surface area contributed by atoms with Gasteiger partial charge in [-0.3, -0.25) is 9.59 Å². The minimum atomic E-state index is 0.00659. The Kier molecular flexibility index (Phi) is 6.78. The van der Waals surface area contributed by atoms with Crippen LogP contribution in [0.2, 0.25) is 0 Å². The maximum Gasteiger partial charge on any atom is 0.258 e. The van der Waals surface area contributed by atoms with Crippen molar-refractivity contribution in [2.75, 3.05) is 36.5 Å². The van der Waals surface area contributed by atoms with Crippen molar-refractivity contribution in [3.05, 3.63) is 76.9 Å². The maximum atomic E-state index is 13.6. The van der Waals surface area contributed by atoms with Gasteiger partial charge in [0.2, 0.25) is 0 Å². The molecule has 0 unspecified atom stereocenters. The number of carbonyl (C=O) groups is 2. The first-order chi connectivity index (χ1) is 17.7. The number of carbonyl (C=O) groups excluding carboxylic acids is 2. The van der Waals surface area contributed by atoms with Gasteiger partial charge in [-0.05, 0) is 86.7 Å². The Hall–Kier alpha value is -3.64. The van der Waals surface area contributed by atoms with Crippen LogP contribution in [0.3, 0.4) is 0 Å². The Bertz CT molecular complexity index is 1340. The molecule has 0 aliphatic carbocycles. The zero-order valence-electron chi connectivity index (χ0n) is 22.3. The number of rotatable bonds is 5. The molecule has 1 saturated heterocycles. The van der Waals surface area contributed by atoms with Gasteiger partial charge in [0, 0.05) is 48.5 Å². The molecule has 1 amide bonds. The molecule has 0 saturated carbocycles. The molecule has 5 rings (SSSR count). The van der Waals surface area contributed by atoms with Gasteiger partial charge in [0.1, 0.15) is 5.75 Å². The van der Waals surface area contributed by atoms with Gasteiger partial charge < -0.3 is 19.9 Å². The van der Waals surface area contributed by atoms with Gasteiger partial charge in [-0.25, -0.2) is 0 Å². The molecule has 0 radical (unpaired) electrons. The topological polar surface area (TPSA) is 61.9 Å². The normalized spacial score (nSPS) is 19.1. The average Bonchev–Trinajstić information content (AvgIpc) is 3.29. The highest BCUT2D eigenvalue weighted by molar-refractivity contribution is 6.08. The summed E-state index contributed by atoms with van der Waals surface area (Å²) in [6.45, 7) is 10.4. The molecular formula is C31H35N3O3. The number of nitrogens with one attached hydrogen (secondary N) is 1. The lowest BCUT2D eigenvalue weighted by Gasteiger charge is -2.38. The Morgan fingerprint density at radius 3 is 2.22 bits per heavy atom. The van der Waals surface area contributed by atoms with Gasteiger partial charge in [-0.2, -0.15) is 0 Å². The van der Waals surface area contributed by atoms with Crippen LogP contribution in [0.15, 0.2) is 54.6 Å². The van der Waals surface area contributed by atoms with E-state index in [9.17, 15) is 9.59 Å². The monoisotopic (exact) mass is 497 g/mol. The SMILES string of the molecule is COc1cc2c(cc1N1C[C@@H](C)N[C@@H](C)C1)N(C(=O)c1ccc(-c3ccc(C(C)=O)cc3C)cc1)CC2. The van der Waals surface area contributed by atoms with Crippen LogP contribution in [0.1, 0.15) is 52.6 Å². The summed E-state index contributed by atoms with van der Waals surface area (Å²) < 4.78 is 5.78. The van der Waals surface area contributed by atoms with Crippen LogP contribution < -0.4 is 19.9 Å². The van der Waals surface area contributed by atoms with Crippen molar-refractivity contribution < 1.29 is 14.3 Å². The number of amides is 1. The number of methoxy groups -OCH3 is 1. The van der Waals surface area contributed by atoms with Gasteiger partial charge >= 0.3 is 0 Å². The summed E-state index contributed by atoms with van der Waals surface area (Å²) in [4.78, 5) is 29.6. The lowest BCUT2D eigenvalue weighted by atomic mass is 9.96. The fourth-order valence-corrected chi connectivity index (χ4v) is 5.70. The second kappa shape index (κ2) is 10.0. The van der Waals surface area contributed by atoms with Gasteiger partial charge in [0.15, 0.2) is 5.78 Å². The third-order valence-corrected chi connectivity index (χ3v) is 7.49. The van der Waals surface area contributed by atoms with Crippen LogP contribution in [-0.4, -0.2) is 50.5 Å². The highest BCUT2D eigenvalue weighted by atomic mass is 16.5. The lowest BCUT2D eigenvalue weighted by Crippen LogP contribution is -2.54. The van der Waals surface area contributed by atoms with E-state index in [0.29, 0.717) is 29.8 Å². The summed E-state index contributed by atoms with van der Waals surface area (Å²) in [6.07, 6.45) is 0.811. The van der Waals surface area contributed by atoms with Crippen LogP contribution in [0.4, 0.5) is 11.4 Å². The van der Waals surface area contributed by atoms with Crippen molar-refractivity contribution in [1.29, 1.82) is 0 Å². The number of hydrogen-bond acceptors (Lipinski definition) is 5. The molecule has 6 nitrogen and oxygen atoms in total. The third kappa shape index (κ3) is 4.86. The van der Waals surface area contributed by atoms with E-state index >= 15 is 0 Å². The summed E-state index contributed by atoms with van der Waals surface area (Å²) in [5.41, 5.74) is 7.66. The first-order valence-electron chi connectivity index (χ1n) is 13.0. The van der Waals surface area contributed by atoms with E-state index in [1.165, 1.54) is 0 Å². The number of anilines is 2. The van der Waals surface area contributed by atoms with Crippen molar-refractivity contribution in [3.8, 4) is 16.9 Å². The third-order valence-electron chi connectivity index (χ3n) is 7.49. The van der Waals surface area contributed by atoms with Crippen molar-refractivity contribution >= 4 is 23.1 Å². The van der Waals surface area contributed by atoms with Crippen molar-refractivity contribution in [1.82, 2.24) is 5.32 Å². The highest BCUT2D eigenvalue weighted by Gasteiger charge is 2.30. The van der Waals surface area contributed by atoms with Crippen molar-refractivity contribution in [3.63, 3.8) is 0 Å². The zero-order valence-corrected chi connectivity index (χ0v) is 22.3. The van der Waals surface area contributed by atoms with Gasteiger partial charge in [-0.15, -0.1) is 0 Å². The van der Waals surface area contributed by atoms with Gasteiger partial charge in [0.25, 0.3) is 5.91 Å². The minimum absolute atomic E-state index is 0.00659. The average molecular weight is 498 g/mol. The molecule has 1 fully saturated rings. The van der Waals surface area contributed by atoms with E-state index in [0.717, 1.165) is 58.9 Å². The molecule has 2 atom stereocenters. The number of benzene rings is 3. The van der Waals surface area contributed by atoms with E-state index < -0.39 is 0 Å². The summed E-state index contributed by atoms with van der Waals surface area (Å²) in [7, 11) is 1.72. The Balaban J connectivity index is 1.41. The molecule has 2 aliphatic heterocycles. The number of fused-ring (bicyclic) bond motifs is 1. The number of piperazine rings is 1. The van der Waals surface area contributed by atoms with Crippen LogP contribution in [0.5, 0.6) is 5.75 Å². The van der Waals surface area contributed by atoms with E-state index in [-0.39, 0.29) is 11.7 Å². The second-order valence-corrected chi connectivity index (χ2v) is 10.4. The summed E-state index contributed by atoms with van der Waals surface area (Å²) in [6, 6.07) is 18.5. The van der Waals surface area contributed by atoms with E-state index in [4.69, 9.17) is 4.74 Å². The molecule has 6 heteroatoms. The number of aryl methyl sites for hydroxylation is 1. The van der Waals surface area contributed by atoms with Crippen LogP contribution in [0, 0.1) is 6.92 Å². The molecule has 37 heavy (non-hydrogen) atoms. The summed E-state index contributed by atoms with van der Waals surface area (Å²) in [5.74, 6) is 0.931. The number of ketones is 1. The second-order valence-electron chi connectivity index (χ2n) is 10.4. The summed E-state index contributed by atoms with van der Waals surface area (Å²) in [5, 5.41) is 3.58. The quantitative estimate of drug-likeness (QED) is 0.487. The number of hydrogen-bond donors (Lipinski definition) is 1. The first kappa shape index (κ1) is 25.0. The van der Waals surface area contributed by atoms with Crippen molar-refractivity contribution in [2.45, 2.75) is 46.2 Å². The Morgan fingerprint density at radius 2 is 1.59 bits per heavy atom. The molecule has 0 spiro atoms. The lowest BCUT2D eigenvalue weighted by molar-refractivity contribution is 0.0987. The predicted octanol–water partition coefficient (Wildman–Crippen LogP) is 5.26. The zero-order chi connectivity index (χ0) is 26.3. The number of Topliss-reactive ketones (excluding diaryl/α,β-unsaturated/α-hetero) is 1. The molecule has 2 heterocycles. The minimum Gasteiger partial charge on any atom is -0.495 e. The number of ether oxygens (including phenoxy) is 1. The fraction of sp³-hybridized carbons (Fsp3) is 0.355. The molecule has 2 aliphatic rings. The molecule has 3 aromatic rings. The van der Waals surface area contributed by atoms with Gasteiger partial charge in [-0.1, -0.05) is 24.3 Å². The van der Waals surface area contributed by atoms with Gasteiger partial charge in [0.05, 0.1) is 12.8 Å². The molecule has 0 bridgehead atoms. The Morgan fingerprint density at radius 1 is 0.919 bits per heavy atom. The molecule has 1 N–H and O–H groups in total. The first-order valence-corrected chi connectivity index (χ1v) is 13.0. The van der Waals surface area contributed by atoms with Crippen LogP contribution in [0.25, 0.3) is 11.1 Å². The largest absolute Gasteiger partial charge is 0.495 e. The molecule has 3 aromatic carbocycles. The smallest absolute Gasteiger partial charge is 0.258 e. The number of nitrogens with zero attached hydrogens (tertiary/aromatic N) is 2. The van der Waals surface area contributed by atoms with Crippen molar-refractivity contribution in [2.24, 2.45) is 0 Å². The molecule has 192 valence electrons. The van der Waals surface area contributed by atoms with Crippen LogP contribution in [-0.2, 0) is 6.42 Å². The fourth-order valence-electron chi connectivity index (χ4n) is 5.70. The maximum absolute atomic E-state index is 13.6. The Labute approximate surface area is 219 Å². The van der Waals surface area contributed by atoms with Crippen LogP contribution >= 0.6 is 0 Å². The van der Waals surface area contributed by atoms with E-state index in [1.54, 1.807) is 14.0 Å². The highest BCUT2D eigenvalue weighted by Crippen LogP contribution is 2.40. The summed E-state index contributed by atoms with van der Waals surface area (Å²) >= 11 is 0. The van der Waals surface area contributed by atoms with E-state index in [2.05, 4.69) is 36.2 Å².